The van der Waals surface area contributed by atoms with Crippen molar-refractivity contribution in [1.29, 1.82) is 0 Å². The molecule has 0 spiro atoms. The van der Waals surface area contributed by atoms with Gasteiger partial charge in [-0.1, -0.05) is 13.8 Å². The number of hydrogen-bond donors (Lipinski definition) is 1. The molecule has 0 aliphatic carbocycles. The topological polar surface area (TPSA) is 80.0 Å². The second-order valence-electron chi connectivity index (χ2n) is 9.29. The number of hydrogen-bond acceptors (Lipinski definition) is 5. The number of ether oxygens (including phenoxy) is 1. The highest BCUT2D eigenvalue weighted by atomic mass is 16.5. The van der Waals surface area contributed by atoms with E-state index in [4.69, 9.17) is 9.15 Å². The molecule has 1 N–H and O–H groups in total. The Morgan fingerprint density at radius 1 is 1.16 bits per heavy atom. The van der Waals surface area contributed by atoms with E-state index in [-0.39, 0.29) is 11.8 Å². The monoisotopic (exact) mass is 442 g/mol. The highest BCUT2D eigenvalue weighted by molar-refractivity contribution is 6.00. The Bertz CT molecular complexity index is 930. The highest BCUT2D eigenvalue weighted by Gasteiger charge is 2.47. The van der Waals surface area contributed by atoms with E-state index in [1.807, 2.05) is 35.8 Å². The SMILES string of the molecule is CC(C)CCNC(=O)C1(C)Cn2c(ccc2-c2ccco2)C(=O)N1CCN1CCOCC1. The van der Waals surface area contributed by atoms with Gasteiger partial charge in [-0.3, -0.25) is 14.5 Å². The Balaban J connectivity index is 1.61. The molecule has 2 aromatic heterocycles. The average molecular weight is 443 g/mol. The van der Waals surface area contributed by atoms with Gasteiger partial charge in [-0.05, 0) is 43.5 Å². The van der Waals surface area contributed by atoms with Crippen LogP contribution in [0.3, 0.4) is 0 Å². The standard InChI is InChI=1S/C24H34N4O4/c1-18(2)8-9-25-23(30)24(3)17-27-19(21-5-4-14-32-21)6-7-20(27)22(29)28(24)11-10-26-12-15-31-16-13-26/h4-7,14,18H,8-13,15-17H2,1-3H3,(H,25,30). The second kappa shape index (κ2) is 9.50. The summed E-state index contributed by atoms with van der Waals surface area (Å²) in [6.07, 6.45) is 2.52. The highest BCUT2D eigenvalue weighted by Crippen LogP contribution is 2.33. The summed E-state index contributed by atoms with van der Waals surface area (Å²) in [6, 6.07) is 7.43. The van der Waals surface area contributed by atoms with Crippen molar-refractivity contribution in [2.45, 2.75) is 39.3 Å². The van der Waals surface area contributed by atoms with Crippen LogP contribution >= 0.6 is 0 Å². The number of carbonyl (C=O) groups is 2. The van der Waals surface area contributed by atoms with Crippen molar-refractivity contribution in [3.05, 3.63) is 36.2 Å². The number of carbonyl (C=O) groups excluding carboxylic acids is 2. The van der Waals surface area contributed by atoms with E-state index in [9.17, 15) is 9.59 Å². The maximum Gasteiger partial charge on any atom is 0.271 e. The number of rotatable bonds is 8. The molecule has 0 bridgehead atoms. The summed E-state index contributed by atoms with van der Waals surface area (Å²) in [4.78, 5) is 31.1. The molecule has 2 aromatic rings. The molecular formula is C24H34N4O4. The molecule has 0 saturated carbocycles. The number of nitrogens with zero attached hydrogens (tertiary/aromatic N) is 3. The molecule has 1 unspecified atom stereocenters. The number of fused-ring (bicyclic) bond motifs is 1. The third-order valence-electron chi connectivity index (χ3n) is 6.52. The molecule has 8 nitrogen and oxygen atoms in total. The zero-order valence-electron chi connectivity index (χ0n) is 19.3. The van der Waals surface area contributed by atoms with Gasteiger partial charge in [-0.2, -0.15) is 0 Å². The predicted molar refractivity (Wildman–Crippen MR) is 121 cm³/mol. The molecule has 0 radical (unpaired) electrons. The van der Waals surface area contributed by atoms with Gasteiger partial charge in [-0.15, -0.1) is 0 Å². The Kier molecular flexibility index (Phi) is 6.71. The van der Waals surface area contributed by atoms with Crippen LogP contribution in [0.15, 0.2) is 34.9 Å². The number of amides is 2. The average Bonchev–Trinajstić information content (AvgIpc) is 3.43. The zero-order valence-corrected chi connectivity index (χ0v) is 19.3. The molecule has 2 aliphatic rings. The summed E-state index contributed by atoms with van der Waals surface area (Å²) < 4.78 is 13.0. The van der Waals surface area contributed by atoms with Gasteiger partial charge >= 0.3 is 0 Å². The van der Waals surface area contributed by atoms with Crippen LogP contribution in [0.25, 0.3) is 11.5 Å². The van der Waals surface area contributed by atoms with Crippen LogP contribution in [0.1, 0.15) is 37.7 Å². The minimum absolute atomic E-state index is 0.113. The summed E-state index contributed by atoms with van der Waals surface area (Å²) in [5, 5.41) is 3.09. The molecule has 8 heteroatoms. The Morgan fingerprint density at radius 2 is 1.91 bits per heavy atom. The van der Waals surface area contributed by atoms with Gasteiger partial charge in [0.05, 0.1) is 31.7 Å². The van der Waals surface area contributed by atoms with Crippen LogP contribution in [0.2, 0.25) is 0 Å². The first kappa shape index (κ1) is 22.6. The summed E-state index contributed by atoms with van der Waals surface area (Å²) >= 11 is 0. The molecule has 2 amide bonds. The molecule has 2 aliphatic heterocycles. The lowest BCUT2D eigenvalue weighted by Crippen LogP contribution is -2.65. The van der Waals surface area contributed by atoms with Gasteiger partial charge in [0.25, 0.3) is 5.91 Å². The summed E-state index contributed by atoms with van der Waals surface area (Å²) in [6.45, 7) is 11.4. The quantitative estimate of drug-likeness (QED) is 0.679. The van der Waals surface area contributed by atoms with Crippen LogP contribution in [0, 0.1) is 5.92 Å². The summed E-state index contributed by atoms with van der Waals surface area (Å²) in [5.41, 5.74) is 0.409. The molecule has 1 fully saturated rings. The summed E-state index contributed by atoms with van der Waals surface area (Å²) in [5.74, 6) is 0.950. The van der Waals surface area contributed by atoms with Gasteiger partial charge in [0, 0.05) is 32.7 Å². The Morgan fingerprint density at radius 3 is 2.59 bits per heavy atom. The third kappa shape index (κ3) is 4.47. The van der Waals surface area contributed by atoms with E-state index in [0.717, 1.165) is 31.7 Å². The number of furan rings is 1. The Labute approximate surface area is 189 Å². The lowest BCUT2D eigenvalue weighted by Gasteiger charge is -2.45. The van der Waals surface area contributed by atoms with Crippen LogP contribution in [0.4, 0.5) is 0 Å². The molecule has 0 aromatic carbocycles. The molecule has 32 heavy (non-hydrogen) atoms. The second-order valence-corrected chi connectivity index (χ2v) is 9.29. The van der Waals surface area contributed by atoms with Gasteiger partial charge in [-0.25, -0.2) is 0 Å². The largest absolute Gasteiger partial charge is 0.463 e. The number of nitrogens with one attached hydrogen (secondary N) is 1. The molecule has 4 heterocycles. The normalized spacial score (nSPS) is 21.8. The van der Waals surface area contributed by atoms with Crippen molar-refractivity contribution >= 4 is 11.8 Å². The van der Waals surface area contributed by atoms with Gasteiger partial charge in [0.15, 0.2) is 0 Å². The lowest BCUT2D eigenvalue weighted by molar-refractivity contribution is -0.133. The lowest BCUT2D eigenvalue weighted by atomic mass is 9.94. The van der Waals surface area contributed by atoms with E-state index >= 15 is 0 Å². The minimum atomic E-state index is -0.992. The first-order chi connectivity index (χ1) is 15.4. The predicted octanol–water partition coefficient (Wildman–Crippen LogP) is 2.46. The van der Waals surface area contributed by atoms with Gasteiger partial charge < -0.3 is 23.9 Å². The smallest absolute Gasteiger partial charge is 0.271 e. The van der Waals surface area contributed by atoms with Crippen LogP contribution in [0.5, 0.6) is 0 Å². The van der Waals surface area contributed by atoms with Crippen molar-refractivity contribution < 1.29 is 18.7 Å². The number of morpholine rings is 1. The van der Waals surface area contributed by atoms with Gasteiger partial charge in [0.2, 0.25) is 5.91 Å². The molecule has 174 valence electrons. The van der Waals surface area contributed by atoms with Crippen molar-refractivity contribution in [3.8, 4) is 11.5 Å². The molecular weight excluding hydrogens is 408 g/mol. The maximum absolute atomic E-state index is 13.6. The first-order valence-electron chi connectivity index (χ1n) is 11.5. The first-order valence-corrected chi connectivity index (χ1v) is 11.5. The van der Waals surface area contributed by atoms with Crippen molar-refractivity contribution in [3.63, 3.8) is 0 Å². The van der Waals surface area contributed by atoms with E-state index < -0.39 is 5.54 Å². The third-order valence-corrected chi connectivity index (χ3v) is 6.52. The van der Waals surface area contributed by atoms with Crippen molar-refractivity contribution in [2.24, 2.45) is 5.92 Å². The minimum Gasteiger partial charge on any atom is -0.463 e. The van der Waals surface area contributed by atoms with Crippen molar-refractivity contribution in [1.82, 2.24) is 19.7 Å². The Hall–Kier alpha value is -2.58. The van der Waals surface area contributed by atoms with Crippen LogP contribution in [-0.2, 0) is 16.1 Å². The van der Waals surface area contributed by atoms with E-state index in [1.165, 1.54) is 0 Å². The summed E-state index contributed by atoms with van der Waals surface area (Å²) in [7, 11) is 0. The molecule has 1 atom stereocenters. The van der Waals surface area contributed by atoms with Crippen molar-refractivity contribution in [2.75, 3.05) is 45.9 Å². The maximum atomic E-state index is 13.6. The molecule has 1 saturated heterocycles. The van der Waals surface area contributed by atoms with E-state index in [2.05, 4.69) is 24.1 Å². The van der Waals surface area contributed by atoms with E-state index in [0.29, 0.717) is 50.2 Å². The van der Waals surface area contributed by atoms with Crippen LogP contribution in [-0.4, -0.2) is 77.7 Å². The van der Waals surface area contributed by atoms with Crippen LogP contribution < -0.4 is 5.32 Å². The van der Waals surface area contributed by atoms with Gasteiger partial charge in [0.1, 0.15) is 17.0 Å². The molecule has 4 rings (SSSR count). The zero-order chi connectivity index (χ0) is 22.7. The fourth-order valence-corrected chi connectivity index (χ4v) is 4.49. The number of aromatic nitrogens is 1. The fraction of sp³-hybridized carbons (Fsp3) is 0.583. The van der Waals surface area contributed by atoms with E-state index in [1.54, 1.807) is 11.2 Å². The fourth-order valence-electron chi connectivity index (χ4n) is 4.49.